The largest absolute Gasteiger partial charge is 0.353 e. The summed E-state index contributed by atoms with van der Waals surface area (Å²) in [5.74, 6) is 0.751. The molecule has 2 N–H and O–H groups in total. The molecule has 1 aliphatic rings. The van der Waals surface area contributed by atoms with Gasteiger partial charge in [0, 0.05) is 17.2 Å². The molecular formula is C22H22FN3OS. The third-order valence-electron chi connectivity index (χ3n) is 4.91. The van der Waals surface area contributed by atoms with E-state index in [2.05, 4.69) is 10.3 Å². The maximum absolute atomic E-state index is 13.2. The molecule has 1 saturated carbocycles. The monoisotopic (exact) mass is 395 g/mol. The molecule has 1 aromatic heterocycles. The van der Waals surface area contributed by atoms with Crippen LogP contribution in [-0.4, -0.2) is 27.7 Å². The summed E-state index contributed by atoms with van der Waals surface area (Å²) < 4.78 is 13.2. The van der Waals surface area contributed by atoms with Crippen LogP contribution in [-0.2, 0) is 4.79 Å². The standard InChI is InChI=1S/C22H22FN3OS/c23-17-12-10-16(11-13-17)21-25-20(15-6-2-1-3-7-15)22(26-21)28-14-19(27)24-18-8-4-5-9-18/h1-3,6-7,10-13,18H,4-5,8-9,14H2,(H,24,27)(H,25,26). The predicted octanol–water partition coefficient (Wildman–Crippen LogP) is 5.03. The zero-order chi connectivity index (χ0) is 19.3. The third kappa shape index (κ3) is 4.44. The molecule has 0 saturated heterocycles. The van der Waals surface area contributed by atoms with E-state index >= 15 is 0 Å². The van der Waals surface area contributed by atoms with Gasteiger partial charge in [-0.3, -0.25) is 4.79 Å². The van der Waals surface area contributed by atoms with Crippen molar-refractivity contribution < 1.29 is 9.18 Å². The van der Waals surface area contributed by atoms with Crippen molar-refractivity contribution >= 4 is 17.7 Å². The van der Waals surface area contributed by atoms with E-state index < -0.39 is 0 Å². The van der Waals surface area contributed by atoms with E-state index in [1.165, 1.54) is 36.7 Å². The minimum atomic E-state index is -0.281. The molecule has 1 amide bonds. The van der Waals surface area contributed by atoms with Gasteiger partial charge in [-0.2, -0.15) is 0 Å². The number of aromatic amines is 1. The molecule has 0 radical (unpaired) electrons. The molecule has 6 heteroatoms. The number of carbonyl (C=O) groups is 1. The highest BCUT2D eigenvalue weighted by molar-refractivity contribution is 8.00. The second-order valence-corrected chi connectivity index (χ2v) is 7.94. The Morgan fingerprint density at radius 1 is 1.07 bits per heavy atom. The molecule has 1 heterocycles. The molecule has 0 aliphatic heterocycles. The van der Waals surface area contributed by atoms with E-state index in [4.69, 9.17) is 4.98 Å². The smallest absolute Gasteiger partial charge is 0.230 e. The Morgan fingerprint density at radius 3 is 2.50 bits per heavy atom. The molecule has 0 bridgehead atoms. The van der Waals surface area contributed by atoms with Crippen LogP contribution in [0, 0.1) is 5.82 Å². The van der Waals surface area contributed by atoms with Crippen LogP contribution in [0.15, 0.2) is 59.6 Å². The number of carbonyl (C=O) groups excluding carboxylic acids is 1. The molecule has 28 heavy (non-hydrogen) atoms. The summed E-state index contributed by atoms with van der Waals surface area (Å²) in [6.45, 7) is 0. The van der Waals surface area contributed by atoms with Crippen molar-refractivity contribution in [3.63, 3.8) is 0 Å². The summed E-state index contributed by atoms with van der Waals surface area (Å²) >= 11 is 1.42. The molecule has 3 aromatic rings. The molecule has 0 spiro atoms. The summed E-state index contributed by atoms with van der Waals surface area (Å²) in [4.78, 5) is 20.4. The molecular weight excluding hydrogens is 373 g/mol. The van der Waals surface area contributed by atoms with Crippen molar-refractivity contribution in [1.82, 2.24) is 15.3 Å². The number of rotatable bonds is 6. The average Bonchev–Trinajstić information content (AvgIpc) is 3.37. The number of benzene rings is 2. The SMILES string of the molecule is O=C(CSc1nc(-c2ccc(F)cc2)[nH]c1-c1ccccc1)NC1CCCC1. The Balaban J connectivity index is 1.55. The van der Waals surface area contributed by atoms with Crippen molar-refractivity contribution in [2.45, 2.75) is 36.8 Å². The van der Waals surface area contributed by atoms with Crippen LogP contribution in [0.3, 0.4) is 0 Å². The molecule has 144 valence electrons. The van der Waals surface area contributed by atoms with Gasteiger partial charge in [-0.15, -0.1) is 0 Å². The lowest BCUT2D eigenvalue weighted by atomic mass is 10.2. The second kappa shape index (κ2) is 8.61. The Bertz CT molecular complexity index is 934. The van der Waals surface area contributed by atoms with Gasteiger partial charge in [0.1, 0.15) is 16.7 Å². The lowest BCUT2D eigenvalue weighted by molar-refractivity contribution is -0.119. The van der Waals surface area contributed by atoms with Crippen LogP contribution in [0.25, 0.3) is 22.6 Å². The molecule has 1 fully saturated rings. The van der Waals surface area contributed by atoms with E-state index in [0.717, 1.165) is 34.7 Å². The van der Waals surface area contributed by atoms with Crippen LogP contribution >= 0.6 is 11.8 Å². The maximum Gasteiger partial charge on any atom is 0.230 e. The summed E-state index contributed by atoms with van der Waals surface area (Å²) in [6, 6.07) is 16.5. The molecule has 0 atom stereocenters. The van der Waals surface area contributed by atoms with Gasteiger partial charge in [-0.25, -0.2) is 9.37 Å². The first kappa shape index (κ1) is 18.7. The Hall–Kier alpha value is -2.60. The highest BCUT2D eigenvalue weighted by Gasteiger charge is 2.19. The maximum atomic E-state index is 13.2. The lowest BCUT2D eigenvalue weighted by Crippen LogP contribution is -2.33. The molecule has 1 aliphatic carbocycles. The number of halogens is 1. The number of aromatic nitrogens is 2. The van der Waals surface area contributed by atoms with Gasteiger partial charge in [-0.05, 0) is 37.1 Å². The highest BCUT2D eigenvalue weighted by atomic mass is 32.2. The van der Waals surface area contributed by atoms with Crippen molar-refractivity contribution in [3.05, 3.63) is 60.4 Å². The van der Waals surface area contributed by atoms with Crippen LogP contribution in [0.5, 0.6) is 0 Å². The first-order valence-electron chi connectivity index (χ1n) is 9.52. The van der Waals surface area contributed by atoms with Gasteiger partial charge >= 0.3 is 0 Å². The Kier molecular flexibility index (Phi) is 5.76. The fourth-order valence-electron chi connectivity index (χ4n) is 3.48. The topological polar surface area (TPSA) is 57.8 Å². The van der Waals surface area contributed by atoms with Gasteiger partial charge in [0.05, 0.1) is 11.4 Å². The normalized spacial score (nSPS) is 14.3. The number of nitrogens with one attached hydrogen (secondary N) is 2. The Labute approximate surface area is 168 Å². The summed E-state index contributed by atoms with van der Waals surface area (Å²) in [6.07, 6.45) is 4.53. The van der Waals surface area contributed by atoms with Gasteiger partial charge in [-0.1, -0.05) is 54.9 Å². The van der Waals surface area contributed by atoms with Crippen LogP contribution in [0.2, 0.25) is 0 Å². The van der Waals surface area contributed by atoms with Crippen LogP contribution in [0.4, 0.5) is 4.39 Å². The second-order valence-electron chi connectivity index (χ2n) is 6.98. The van der Waals surface area contributed by atoms with E-state index in [1.54, 1.807) is 12.1 Å². The van der Waals surface area contributed by atoms with Gasteiger partial charge in [0.25, 0.3) is 0 Å². The van der Waals surface area contributed by atoms with Crippen LogP contribution < -0.4 is 5.32 Å². The number of hydrogen-bond acceptors (Lipinski definition) is 3. The predicted molar refractivity (Wildman–Crippen MR) is 111 cm³/mol. The quantitative estimate of drug-likeness (QED) is 0.575. The number of nitrogens with zero attached hydrogens (tertiary/aromatic N) is 1. The zero-order valence-electron chi connectivity index (χ0n) is 15.5. The van der Waals surface area contributed by atoms with E-state index in [-0.39, 0.29) is 11.7 Å². The van der Waals surface area contributed by atoms with Crippen molar-refractivity contribution in [2.75, 3.05) is 5.75 Å². The van der Waals surface area contributed by atoms with Crippen molar-refractivity contribution in [2.24, 2.45) is 0 Å². The first-order valence-corrected chi connectivity index (χ1v) is 10.5. The van der Waals surface area contributed by atoms with Crippen molar-refractivity contribution in [1.29, 1.82) is 0 Å². The van der Waals surface area contributed by atoms with E-state index in [0.29, 0.717) is 17.6 Å². The average molecular weight is 396 g/mol. The molecule has 0 unspecified atom stereocenters. The van der Waals surface area contributed by atoms with Gasteiger partial charge < -0.3 is 10.3 Å². The zero-order valence-corrected chi connectivity index (χ0v) is 16.3. The number of amides is 1. The summed E-state index contributed by atoms with van der Waals surface area (Å²) in [7, 11) is 0. The Morgan fingerprint density at radius 2 is 1.79 bits per heavy atom. The van der Waals surface area contributed by atoms with Crippen molar-refractivity contribution in [3.8, 4) is 22.6 Å². The fourth-order valence-corrected chi connectivity index (χ4v) is 4.30. The number of hydrogen-bond donors (Lipinski definition) is 2. The molecule has 4 nitrogen and oxygen atoms in total. The number of imidazole rings is 1. The van der Waals surface area contributed by atoms with Gasteiger partial charge in [0.15, 0.2) is 0 Å². The first-order chi connectivity index (χ1) is 13.7. The summed E-state index contributed by atoms with van der Waals surface area (Å²) in [5, 5.41) is 3.88. The molecule has 2 aromatic carbocycles. The minimum Gasteiger partial charge on any atom is -0.353 e. The molecule has 4 rings (SSSR count). The minimum absolute atomic E-state index is 0.0437. The number of thioether (sulfide) groups is 1. The highest BCUT2D eigenvalue weighted by Crippen LogP contribution is 2.32. The van der Waals surface area contributed by atoms with E-state index in [1.807, 2.05) is 30.3 Å². The third-order valence-corrected chi connectivity index (χ3v) is 5.89. The van der Waals surface area contributed by atoms with Crippen LogP contribution in [0.1, 0.15) is 25.7 Å². The fraction of sp³-hybridized carbons (Fsp3) is 0.273. The lowest BCUT2D eigenvalue weighted by Gasteiger charge is -2.11. The number of H-pyrrole nitrogens is 1. The van der Waals surface area contributed by atoms with E-state index in [9.17, 15) is 9.18 Å². The van der Waals surface area contributed by atoms with Gasteiger partial charge in [0.2, 0.25) is 5.91 Å². The summed E-state index contributed by atoms with van der Waals surface area (Å²) in [5.41, 5.74) is 2.68.